The molecule has 2 aliphatic rings. The number of rotatable bonds is 6. The van der Waals surface area contributed by atoms with Gasteiger partial charge in [-0.25, -0.2) is 4.39 Å². The van der Waals surface area contributed by atoms with E-state index in [9.17, 15) is 18.8 Å². The van der Waals surface area contributed by atoms with Crippen molar-refractivity contribution in [2.24, 2.45) is 4.99 Å². The molecule has 1 saturated heterocycles. The smallest absolute Gasteiger partial charge is 0.262 e. The lowest BCUT2D eigenvalue weighted by Gasteiger charge is -2.27. The Morgan fingerprint density at radius 1 is 1.09 bits per heavy atom. The van der Waals surface area contributed by atoms with Gasteiger partial charge in [-0.2, -0.15) is 4.99 Å². The largest absolute Gasteiger partial charge is 0.351 e. The van der Waals surface area contributed by atoms with Crippen LogP contribution < -0.4 is 10.6 Å². The highest BCUT2D eigenvalue weighted by Crippen LogP contribution is 2.29. The molecule has 0 spiro atoms. The Labute approximate surface area is 195 Å². The van der Waals surface area contributed by atoms with E-state index in [1.807, 2.05) is 0 Å². The number of carbonyl (C=O) groups is 3. The molecule has 0 unspecified atom stereocenters. The van der Waals surface area contributed by atoms with Crippen molar-refractivity contribution in [3.05, 3.63) is 65.5 Å². The Hall–Kier alpha value is -3.20. The van der Waals surface area contributed by atoms with Gasteiger partial charge in [-0.15, -0.1) is 0 Å². The summed E-state index contributed by atoms with van der Waals surface area (Å²) in [5.74, 6) is -1.22. The van der Waals surface area contributed by atoms with Gasteiger partial charge in [0.15, 0.2) is 5.17 Å². The van der Waals surface area contributed by atoms with E-state index in [0.717, 1.165) is 36.7 Å². The number of hydrogen-bond acceptors (Lipinski definition) is 5. The highest BCUT2D eigenvalue weighted by molar-refractivity contribution is 8.15. The minimum absolute atomic E-state index is 0.0192. The molecule has 0 aromatic heterocycles. The standard InChI is InChI=1S/C24H25FN4O3S/c25-18-9-7-16(8-10-18)15-26-22(31)17-5-4-6-19(13-17)27-21(30)14-20-23(32)28-24(33-20)29-11-2-1-3-12-29/h4-10,13,20H,1-3,11-12,14-15H2,(H,26,31)(H,27,30)/t20-/m0/s1. The van der Waals surface area contributed by atoms with Crippen LogP contribution in [0.5, 0.6) is 0 Å². The van der Waals surface area contributed by atoms with Gasteiger partial charge in [-0.3, -0.25) is 14.4 Å². The third-order valence-corrected chi connectivity index (χ3v) is 6.71. The third-order valence-electron chi connectivity index (χ3n) is 5.50. The average molecular weight is 469 g/mol. The molecule has 2 aliphatic heterocycles. The zero-order valence-corrected chi connectivity index (χ0v) is 18.9. The summed E-state index contributed by atoms with van der Waals surface area (Å²) >= 11 is 1.36. The maximum absolute atomic E-state index is 13.0. The fourth-order valence-corrected chi connectivity index (χ4v) is 4.85. The quantitative estimate of drug-likeness (QED) is 0.677. The maximum atomic E-state index is 13.0. The van der Waals surface area contributed by atoms with Gasteiger partial charge >= 0.3 is 0 Å². The van der Waals surface area contributed by atoms with Gasteiger partial charge in [-0.1, -0.05) is 30.0 Å². The van der Waals surface area contributed by atoms with E-state index in [-0.39, 0.29) is 36.5 Å². The molecule has 3 amide bonds. The number of amides is 3. The van der Waals surface area contributed by atoms with Gasteiger partial charge < -0.3 is 15.5 Å². The maximum Gasteiger partial charge on any atom is 0.262 e. The predicted molar refractivity (Wildman–Crippen MR) is 127 cm³/mol. The van der Waals surface area contributed by atoms with E-state index in [2.05, 4.69) is 20.5 Å². The van der Waals surface area contributed by atoms with Gasteiger partial charge in [0, 0.05) is 37.3 Å². The van der Waals surface area contributed by atoms with Crippen LogP contribution in [-0.2, 0) is 16.1 Å². The number of piperidine rings is 1. The van der Waals surface area contributed by atoms with Gasteiger partial charge in [0.2, 0.25) is 5.91 Å². The van der Waals surface area contributed by atoms with Crippen LogP contribution >= 0.6 is 11.8 Å². The van der Waals surface area contributed by atoms with Crippen LogP contribution in [0.15, 0.2) is 53.5 Å². The summed E-state index contributed by atoms with van der Waals surface area (Å²) in [6, 6.07) is 12.5. The van der Waals surface area contributed by atoms with Crippen LogP contribution in [0.25, 0.3) is 0 Å². The first-order valence-corrected chi connectivity index (χ1v) is 11.8. The van der Waals surface area contributed by atoms with E-state index < -0.39 is 5.25 Å². The van der Waals surface area contributed by atoms with Gasteiger partial charge in [-0.05, 0) is 55.2 Å². The van der Waals surface area contributed by atoms with Crippen molar-refractivity contribution in [3.63, 3.8) is 0 Å². The molecular weight excluding hydrogens is 443 g/mol. The molecule has 1 atom stereocenters. The van der Waals surface area contributed by atoms with E-state index >= 15 is 0 Å². The molecule has 33 heavy (non-hydrogen) atoms. The first-order valence-electron chi connectivity index (χ1n) is 10.9. The minimum Gasteiger partial charge on any atom is -0.351 e. The lowest BCUT2D eigenvalue weighted by Crippen LogP contribution is -2.33. The summed E-state index contributed by atoms with van der Waals surface area (Å²) in [5, 5.41) is 5.74. The second-order valence-electron chi connectivity index (χ2n) is 8.03. The van der Waals surface area contributed by atoms with Crippen molar-refractivity contribution >= 4 is 40.3 Å². The molecule has 2 heterocycles. The number of nitrogens with one attached hydrogen (secondary N) is 2. The van der Waals surface area contributed by atoms with Crippen LogP contribution in [0, 0.1) is 5.82 Å². The first kappa shape index (κ1) is 23.0. The monoisotopic (exact) mass is 468 g/mol. The minimum atomic E-state index is -0.524. The molecule has 7 nitrogen and oxygen atoms in total. The number of likely N-dealkylation sites (tertiary alicyclic amines) is 1. The Morgan fingerprint density at radius 2 is 1.85 bits per heavy atom. The summed E-state index contributed by atoms with van der Waals surface area (Å²) in [6.45, 7) is 2.05. The number of thioether (sulfide) groups is 1. The highest BCUT2D eigenvalue weighted by Gasteiger charge is 2.33. The fourth-order valence-electron chi connectivity index (χ4n) is 3.73. The topological polar surface area (TPSA) is 90.9 Å². The Kier molecular flexibility index (Phi) is 7.39. The van der Waals surface area contributed by atoms with Crippen molar-refractivity contribution in [1.29, 1.82) is 0 Å². The second kappa shape index (κ2) is 10.6. The number of hydrogen-bond donors (Lipinski definition) is 2. The molecule has 1 fully saturated rings. The van der Waals surface area contributed by atoms with Gasteiger partial charge in [0.05, 0.1) is 0 Å². The van der Waals surface area contributed by atoms with Gasteiger partial charge in [0.25, 0.3) is 11.8 Å². The molecule has 9 heteroatoms. The zero-order chi connectivity index (χ0) is 23.2. The number of carbonyl (C=O) groups excluding carboxylic acids is 3. The first-order chi connectivity index (χ1) is 16.0. The second-order valence-corrected chi connectivity index (χ2v) is 9.20. The summed E-state index contributed by atoms with van der Waals surface area (Å²) < 4.78 is 13.0. The zero-order valence-electron chi connectivity index (χ0n) is 18.1. The van der Waals surface area contributed by atoms with E-state index in [0.29, 0.717) is 11.3 Å². The van der Waals surface area contributed by atoms with Crippen molar-refractivity contribution in [2.45, 2.75) is 37.5 Å². The molecule has 0 bridgehead atoms. The van der Waals surface area contributed by atoms with Crippen LogP contribution in [0.4, 0.5) is 10.1 Å². The van der Waals surface area contributed by atoms with Crippen LogP contribution in [-0.4, -0.2) is 46.1 Å². The van der Waals surface area contributed by atoms with Crippen LogP contribution in [0.2, 0.25) is 0 Å². The molecule has 2 aromatic carbocycles. The number of benzene rings is 2. The van der Waals surface area contributed by atoms with Gasteiger partial charge in [0.1, 0.15) is 11.1 Å². The predicted octanol–water partition coefficient (Wildman–Crippen LogP) is 3.57. The molecule has 0 aliphatic carbocycles. The Bertz CT molecular complexity index is 1070. The van der Waals surface area contributed by atoms with E-state index in [4.69, 9.17) is 0 Å². The van der Waals surface area contributed by atoms with E-state index in [1.54, 1.807) is 36.4 Å². The number of amidine groups is 1. The molecule has 2 N–H and O–H groups in total. The third kappa shape index (κ3) is 6.19. The lowest BCUT2D eigenvalue weighted by molar-refractivity contribution is -0.121. The number of halogens is 1. The van der Waals surface area contributed by atoms with E-state index in [1.165, 1.54) is 30.3 Å². The number of anilines is 1. The normalized spacial score (nSPS) is 18.1. The molecule has 2 aromatic rings. The summed E-state index contributed by atoms with van der Waals surface area (Å²) in [6.07, 6.45) is 3.39. The summed E-state index contributed by atoms with van der Waals surface area (Å²) in [4.78, 5) is 43.6. The molecule has 172 valence electrons. The Morgan fingerprint density at radius 3 is 2.61 bits per heavy atom. The summed E-state index contributed by atoms with van der Waals surface area (Å²) in [5.41, 5.74) is 1.64. The molecule has 0 saturated carbocycles. The van der Waals surface area contributed by atoms with Crippen molar-refractivity contribution < 1.29 is 18.8 Å². The molecular formula is C24H25FN4O3S. The molecule has 0 radical (unpaired) electrons. The van der Waals surface area contributed by atoms with Crippen molar-refractivity contribution in [3.8, 4) is 0 Å². The SMILES string of the molecule is O=C(C[C@@H]1SC(N2CCCCC2)=NC1=O)Nc1cccc(C(=O)NCc2ccc(F)cc2)c1. The number of aliphatic imine (C=N–C) groups is 1. The number of nitrogens with zero attached hydrogens (tertiary/aromatic N) is 2. The molecule has 4 rings (SSSR count). The highest BCUT2D eigenvalue weighted by atomic mass is 32.2. The van der Waals surface area contributed by atoms with Crippen molar-refractivity contribution in [2.75, 3.05) is 18.4 Å². The van der Waals surface area contributed by atoms with Crippen LogP contribution in [0.3, 0.4) is 0 Å². The Balaban J connectivity index is 1.29. The average Bonchev–Trinajstić information content (AvgIpc) is 3.19. The van der Waals surface area contributed by atoms with Crippen molar-refractivity contribution in [1.82, 2.24) is 10.2 Å². The fraction of sp³-hybridized carbons (Fsp3) is 0.333. The summed E-state index contributed by atoms with van der Waals surface area (Å²) in [7, 11) is 0. The van der Waals surface area contributed by atoms with Crippen LogP contribution in [0.1, 0.15) is 41.6 Å². The lowest BCUT2D eigenvalue weighted by atomic mass is 10.1.